The van der Waals surface area contributed by atoms with Gasteiger partial charge in [0, 0.05) is 5.56 Å². The van der Waals surface area contributed by atoms with Crippen LogP contribution < -0.4 is 5.73 Å². The molecule has 0 saturated heterocycles. The molecule has 0 aliphatic carbocycles. The molecule has 0 aliphatic rings. The minimum Gasteiger partial charge on any atom is -0.457 e. The Morgan fingerprint density at radius 2 is 1.80 bits per heavy atom. The van der Waals surface area contributed by atoms with Crippen molar-refractivity contribution >= 4 is 34.9 Å². The number of para-hydroxylation sites is 1. The van der Waals surface area contributed by atoms with Gasteiger partial charge in [0.05, 0.1) is 21.3 Å². The summed E-state index contributed by atoms with van der Waals surface area (Å²) in [6.07, 6.45) is 0. The van der Waals surface area contributed by atoms with Crippen molar-refractivity contribution in [2.75, 3.05) is 5.73 Å². The molecule has 6 heteroatoms. The van der Waals surface area contributed by atoms with Gasteiger partial charge < -0.3 is 10.5 Å². The Hall–Kier alpha value is -1.78. The fraction of sp³-hybridized carbons (Fsp3) is 0.0714. The van der Waals surface area contributed by atoms with Crippen LogP contribution in [-0.2, 0) is 11.3 Å². The van der Waals surface area contributed by atoms with Crippen molar-refractivity contribution in [3.8, 4) is 0 Å². The van der Waals surface area contributed by atoms with Gasteiger partial charge in [0.25, 0.3) is 0 Å². The fourth-order valence-corrected chi connectivity index (χ4v) is 1.99. The van der Waals surface area contributed by atoms with E-state index in [4.69, 9.17) is 33.7 Å². The van der Waals surface area contributed by atoms with Crippen molar-refractivity contribution in [3.63, 3.8) is 0 Å². The van der Waals surface area contributed by atoms with Crippen molar-refractivity contribution in [2.45, 2.75) is 6.61 Å². The van der Waals surface area contributed by atoms with Gasteiger partial charge in [-0.05, 0) is 24.3 Å². The zero-order valence-corrected chi connectivity index (χ0v) is 11.7. The van der Waals surface area contributed by atoms with Gasteiger partial charge >= 0.3 is 5.97 Å². The van der Waals surface area contributed by atoms with Gasteiger partial charge in [0.15, 0.2) is 0 Å². The predicted octanol–water partition coefficient (Wildman–Crippen LogP) is 4.07. The second kappa shape index (κ2) is 6.11. The van der Waals surface area contributed by atoms with E-state index in [2.05, 4.69) is 0 Å². The first-order valence-corrected chi connectivity index (χ1v) is 6.40. The number of esters is 1. The van der Waals surface area contributed by atoms with Crippen LogP contribution in [0.2, 0.25) is 10.0 Å². The average Bonchev–Trinajstić information content (AvgIpc) is 2.41. The molecular formula is C14H10Cl2FNO2. The van der Waals surface area contributed by atoms with Gasteiger partial charge in [-0.3, -0.25) is 0 Å². The highest BCUT2D eigenvalue weighted by Crippen LogP contribution is 2.24. The SMILES string of the molecule is Nc1c(Cl)cccc1C(=O)OCc1c(F)cccc1Cl. The number of hydrogen-bond donors (Lipinski definition) is 1. The summed E-state index contributed by atoms with van der Waals surface area (Å²) in [7, 11) is 0. The van der Waals surface area contributed by atoms with Gasteiger partial charge in [0.1, 0.15) is 12.4 Å². The third kappa shape index (κ3) is 3.03. The van der Waals surface area contributed by atoms with Crippen LogP contribution in [0.15, 0.2) is 36.4 Å². The highest BCUT2D eigenvalue weighted by molar-refractivity contribution is 6.33. The van der Waals surface area contributed by atoms with Crippen LogP contribution in [0.4, 0.5) is 10.1 Å². The first kappa shape index (κ1) is 14.6. The number of hydrogen-bond acceptors (Lipinski definition) is 3. The number of anilines is 1. The van der Waals surface area contributed by atoms with Gasteiger partial charge in [0.2, 0.25) is 0 Å². The van der Waals surface area contributed by atoms with E-state index in [0.29, 0.717) is 0 Å². The molecule has 0 heterocycles. The molecule has 0 bridgehead atoms. The van der Waals surface area contributed by atoms with Crippen molar-refractivity contribution < 1.29 is 13.9 Å². The number of nitrogen functional groups attached to an aromatic ring is 1. The molecule has 0 amide bonds. The number of halogens is 3. The number of carbonyl (C=O) groups excluding carboxylic acids is 1. The van der Waals surface area contributed by atoms with Crippen molar-refractivity contribution in [1.82, 2.24) is 0 Å². The summed E-state index contributed by atoms with van der Waals surface area (Å²) >= 11 is 11.7. The highest BCUT2D eigenvalue weighted by atomic mass is 35.5. The average molecular weight is 314 g/mol. The third-order valence-electron chi connectivity index (χ3n) is 2.68. The van der Waals surface area contributed by atoms with Crippen LogP contribution in [0.1, 0.15) is 15.9 Å². The minimum absolute atomic E-state index is 0.114. The van der Waals surface area contributed by atoms with Crippen LogP contribution in [0.25, 0.3) is 0 Å². The van der Waals surface area contributed by atoms with Crippen LogP contribution in [-0.4, -0.2) is 5.97 Å². The van der Waals surface area contributed by atoms with E-state index < -0.39 is 11.8 Å². The zero-order chi connectivity index (χ0) is 14.7. The molecule has 20 heavy (non-hydrogen) atoms. The third-order valence-corrected chi connectivity index (χ3v) is 3.37. The molecule has 0 aliphatic heterocycles. The lowest BCUT2D eigenvalue weighted by atomic mass is 10.2. The molecule has 104 valence electrons. The van der Waals surface area contributed by atoms with E-state index in [1.165, 1.54) is 24.3 Å². The van der Waals surface area contributed by atoms with Gasteiger partial charge in [-0.25, -0.2) is 9.18 Å². The summed E-state index contributed by atoms with van der Waals surface area (Å²) in [5, 5.41) is 0.445. The first-order valence-electron chi connectivity index (χ1n) is 5.64. The Labute approximate surface area is 125 Å². The Morgan fingerprint density at radius 1 is 1.15 bits per heavy atom. The molecule has 0 aromatic heterocycles. The van der Waals surface area contributed by atoms with Gasteiger partial charge in [-0.2, -0.15) is 0 Å². The molecule has 2 aromatic rings. The lowest BCUT2D eigenvalue weighted by molar-refractivity contribution is 0.0470. The maximum absolute atomic E-state index is 13.5. The van der Waals surface area contributed by atoms with E-state index >= 15 is 0 Å². The smallest absolute Gasteiger partial charge is 0.340 e. The van der Waals surface area contributed by atoms with Crippen molar-refractivity contribution in [1.29, 1.82) is 0 Å². The summed E-state index contributed by atoms with van der Waals surface area (Å²) in [6, 6.07) is 8.83. The molecule has 0 atom stereocenters. The molecular weight excluding hydrogens is 304 g/mol. The summed E-state index contributed by atoms with van der Waals surface area (Å²) < 4.78 is 18.5. The van der Waals surface area contributed by atoms with Crippen molar-refractivity contribution in [3.05, 3.63) is 63.4 Å². The Morgan fingerprint density at radius 3 is 2.50 bits per heavy atom. The number of ether oxygens (including phenoxy) is 1. The lowest BCUT2D eigenvalue weighted by Crippen LogP contribution is -2.09. The Kier molecular flexibility index (Phi) is 4.47. The molecule has 2 aromatic carbocycles. The summed E-state index contributed by atoms with van der Waals surface area (Å²) in [6.45, 7) is -0.281. The topological polar surface area (TPSA) is 52.3 Å². The van der Waals surface area contributed by atoms with E-state index in [0.717, 1.165) is 0 Å². The molecule has 2 N–H and O–H groups in total. The lowest BCUT2D eigenvalue weighted by Gasteiger charge is -2.09. The zero-order valence-electron chi connectivity index (χ0n) is 10.2. The molecule has 3 nitrogen and oxygen atoms in total. The number of carbonyl (C=O) groups is 1. The van der Waals surface area contributed by atoms with Crippen LogP contribution in [0.5, 0.6) is 0 Å². The number of nitrogens with two attached hydrogens (primary N) is 1. The minimum atomic E-state index is -0.690. The molecule has 0 fully saturated rings. The maximum atomic E-state index is 13.5. The van der Waals surface area contributed by atoms with E-state index in [9.17, 15) is 9.18 Å². The Bertz CT molecular complexity index is 641. The monoisotopic (exact) mass is 313 g/mol. The first-order chi connectivity index (χ1) is 9.50. The standard InChI is InChI=1S/C14H10Cl2FNO2/c15-10-4-2-6-12(17)9(10)7-20-14(19)8-3-1-5-11(16)13(8)18/h1-6H,7,18H2. The number of rotatable bonds is 3. The summed E-state index contributed by atoms with van der Waals surface area (Å²) in [5.74, 6) is -1.23. The van der Waals surface area contributed by atoms with Crippen LogP contribution in [0, 0.1) is 5.82 Å². The molecule has 2 rings (SSSR count). The maximum Gasteiger partial charge on any atom is 0.340 e. The largest absolute Gasteiger partial charge is 0.457 e. The van der Waals surface area contributed by atoms with Gasteiger partial charge in [-0.1, -0.05) is 35.3 Å². The predicted molar refractivity (Wildman–Crippen MR) is 76.4 cm³/mol. The normalized spacial score (nSPS) is 10.3. The summed E-state index contributed by atoms with van der Waals surface area (Å²) in [4.78, 5) is 11.9. The van der Waals surface area contributed by atoms with Crippen LogP contribution >= 0.6 is 23.2 Å². The van der Waals surface area contributed by atoms with Crippen molar-refractivity contribution in [2.24, 2.45) is 0 Å². The molecule has 0 spiro atoms. The second-order valence-corrected chi connectivity index (χ2v) is 4.79. The Balaban J connectivity index is 2.15. The van der Waals surface area contributed by atoms with E-state index in [1.54, 1.807) is 12.1 Å². The quantitative estimate of drug-likeness (QED) is 0.686. The highest BCUT2D eigenvalue weighted by Gasteiger charge is 2.15. The van der Waals surface area contributed by atoms with E-state index in [1.807, 2.05) is 0 Å². The van der Waals surface area contributed by atoms with Crippen LogP contribution in [0.3, 0.4) is 0 Å². The number of benzene rings is 2. The van der Waals surface area contributed by atoms with E-state index in [-0.39, 0.29) is 33.5 Å². The molecule has 0 saturated carbocycles. The van der Waals surface area contributed by atoms with Gasteiger partial charge in [-0.15, -0.1) is 0 Å². The second-order valence-electron chi connectivity index (χ2n) is 3.98. The fourth-order valence-electron chi connectivity index (χ4n) is 1.60. The molecule has 0 unspecified atom stereocenters. The summed E-state index contributed by atoms with van der Waals surface area (Å²) in [5.41, 5.74) is 6.05. The molecule has 0 radical (unpaired) electrons.